The highest BCUT2D eigenvalue weighted by Gasteiger charge is 2.48. The quantitative estimate of drug-likeness (QED) is 0.560. The molecule has 0 bridgehead atoms. The summed E-state index contributed by atoms with van der Waals surface area (Å²) >= 11 is 3.52. The fourth-order valence-corrected chi connectivity index (χ4v) is 5.46. The minimum absolute atomic E-state index is 0.0967. The number of thioether (sulfide) groups is 2. The molecule has 1 heterocycles. The van der Waals surface area contributed by atoms with Crippen LogP contribution in [0.3, 0.4) is 0 Å². The van der Waals surface area contributed by atoms with Crippen molar-refractivity contribution in [1.82, 2.24) is 9.55 Å². The van der Waals surface area contributed by atoms with Crippen molar-refractivity contribution in [2.24, 2.45) is 12.5 Å². The molecule has 1 atom stereocenters. The molecule has 1 aromatic rings. The lowest BCUT2D eigenvalue weighted by atomic mass is 9.64. The highest BCUT2D eigenvalue weighted by atomic mass is 32.2. The van der Waals surface area contributed by atoms with Gasteiger partial charge in [0.05, 0.1) is 0 Å². The topological polar surface area (TPSA) is 38.1 Å². The van der Waals surface area contributed by atoms with E-state index in [9.17, 15) is 5.11 Å². The maximum Gasteiger partial charge on any atom is 0.167 e. The van der Waals surface area contributed by atoms with Gasteiger partial charge in [-0.15, -0.1) is 11.8 Å². The molecule has 5 heteroatoms. The number of hydrogen-bond acceptors (Lipinski definition) is 4. The van der Waals surface area contributed by atoms with E-state index in [1.807, 2.05) is 35.8 Å². The van der Waals surface area contributed by atoms with Gasteiger partial charge in [0.15, 0.2) is 5.16 Å². The van der Waals surface area contributed by atoms with Crippen LogP contribution in [0.1, 0.15) is 52.9 Å². The number of aliphatic hydroxyl groups is 1. The van der Waals surface area contributed by atoms with E-state index >= 15 is 0 Å². The zero-order valence-electron chi connectivity index (χ0n) is 14.8. The van der Waals surface area contributed by atoms with E-state index < -0.39 is 5.60 Å². The number of aromatic nitrogens is 2. The van der Waals surface area contributed by atoms with Gasteiger partial charge < -0.3 is 9.67 Å². The first-order valence-corrected chi connectivity index (χ1v) is 10.6. The Morgan fingerprint density at radius 1 is 1.43 bits per heavy atom. The molecule has 1 aliphatic rings. The molecule has 1 saturated carbocycles. The predicted octanol–water partition coefficient (Wildman–Crippen LogP) is 4.87. The fraction of sp³-hybridized carbons (Fsp3) is 0.722. The van der Waals surface area contributed by atoms with Gasteiger partial charge in [-0.05, 0) is 47.8 Å². The third kappa shape index (κ3) is 4.37. The summed E-state index contributed by atoms with van der Waals surface area (Å²) in [6.07, 6.45) is 9.48. The van der Waals surface area contributed by atoms with E-state index in [1.165, 1.54) is 24.8 Å². The Morgan fingerprint density at radius 3 is 2.87 bits per heavy atom. The van der Waals surface area contributed by atoms with Crippen LogP contribution in [0.5, 0.6) is 0 Å². The van der Waals surface area contributed by atoms with Crippen LogP contribution in [0.25, 0.3) is 0 Å². The second-order valence-corrected chi connectivity index (χ2v) is 8.99. The van der Waals surface area contributed by atoms with E-state index in [4.69, 9.17) is 0 Å². The SMILES string of the molecule is CCCCSC=C1CCCC(C)(C)C1(O)CSc1nccn1C. The van der Waals surface area contributed by atoms with Gasteiger partial charge in [-0.25, -0.2) is 4.98 Å². The second kappa shape index (κ2) is 8.13. The van der Waals surface area contributed by atoms with Gasteiger partial charge in [0.1, 0.15) is 5.60 Å². The Bertz CT molecular complexity index is 539. The van der Waals surface area contributed by atoms with Crippen LogP contribution in [0.15, 0.2) is 28.5 Å². The molecule has 1 N–H and O–H groups in total. The van der Waals surface area contributed by atoms with Gasteiger partial charge >= 0.3 is 0 Å². The van der Waals surface area contributed by atoms with E-state index in [1.54, 1.807) is 11.8 Å². The van der Waals surface area contributed by atoms with Crippen LogP contribution < -0.4 is 0 Å². The van der Waals surface area contributed by atoms with Crippen molar-refractivity contribution in [3.63, 3.8) is 0 Å². The van der Waals surface area contributed by atoms with Crippen LogP contribution in [-0.4, -0.2) is 31.8 Å². The van der Waals surface area contributed by atoms with E-state index in [0.29, 0.717) is 5.75 Å². The predicted molar refractivity (Wildman–Crippen MR) is 102 cm³/mol. The normalized spacial score (nSPS) is 25.9. The van der Waals surface area contributed by atoms with Crippen molar-refractivity contribution in [2.45, 2.75) is 63.6 Å². The number of rotatable bonds is 7. The smallest absolute Gasteiger partial charge is 0.167 e. The maximum absolute atomic E-state index is 11.6. The van der Waals surface area contributed by atoms with Crippen LogP contribution in [0.4, 0.5) is 0 Å². The minimum atomic E-state index is -0.749. The lowest BCUT2D eigenvalue weighted by Gasteiger charge is -2.48. The number of imidazole rings is 1. The lowest BCUT2D eigenvalue weighted by molar-refractivity contribution is -0.0358. The summed E-state index contributed by atoms with van der Waals surface area (Å²) in [5.41, 5.74) is 0.373. The first-order chi connectivity index (χ1) is 10.9. The summed E-state index contributed by atoms with van der Waals surface area (Å²) < 4.78 is 2.02. The number of unbranched alkanes of at least 4 members (excludes halogenated alkanes) is 1. The highest BCUT2D eigenvalue weighted by molar-refractivity contribution is 8.02. The number of hydrogen-bond donors (Lipinski definition) is 1. The van der Waals surface area contributed by atoms with Gasteiger partial charge in [0.25, 0.3) is 0 Å². The molecule has 0 amide bonds. The molecule has 3 nitrogen and oxygen atoms in total. The molecule has 1 unspecified atom stereocenters. The summed E-state index contributed by atoms with van der Waals surface area (Å²) in [6.45, 7) is 6.63. The molecular formula is C18H30N2OS2. The molecule has 1 fully saturated rings. The van der Waals surface area contributed by atoms with Crippen LogP contribution in [-0.2, 0) is 7.05 Å². The summed E-state index contributed by atoms with van der Waals surface area (Å²) in [6, 6.07) is 0. The average Bonchev–Trinajstić information content (AvgIpc) is 2.91. The van der Waals surface area contributed by atoms with Gasteiger partial charge in [-0.1, -0.05) is 39.0 Å². The molecule has 0 spiro atoms. The Balaban J connectivity index is 2.14. The monoisotopic (exact) mass is 354 g/mol. The van der Waals surface area contributed by atoms with Crippen molar-refractivity contribution >= 4 is 23.5 Å². The molecule has 0 aromatic carbocycles. The van der Waals surface area contributed by atoms with Crippen molar-refractivity contribution in [3.05, 3.63) is 23.4 Å². The Kier molecular flexibility index (Phi) is 6.69. The lowest BCUT2D eigenvalue weighted by Crippen LogP contribution is -2.51. The first kappa shape index (κ1) is 18.9. The van der Waals surface area contributed by atoms with Crippen LogP contribution in [0, 0.1) is 5.41 Å². The summed E-state index contributed by atoms with van der Waals surface area (Å²) in [5.74, 6) is 1.81. The van der Waals surface area contributed by atoms with E-state index in [-0.39, 0.29) is 5.41 Å². The molecule has 2 rings (SSSR count). The summed E-state index contributed by atoms with van der Waals surface area (Å²) in [7, 11) is 2.00. The number of nitrogens with zero attached hydrogens (tertiary/aromatic N) is 2. The van der Waals surface area contributed by atoms with Gasteiger partial charge in [-0.2, -0.15) is 0 Å². The molecule has 1 aliphatic carbocycles. The third-order valence-electron chi connectivity index (χ3n) is 4.93. The molecule has 0 aliphatic heterocycles. The fourth-order valence-electron chi connectivity index (χ4n) is 3.06. The third-order valence-corrected chi connectivity index (χ3v) is 7.12. The van der Waals surface area contributed by atoms with Crippen molar-refractivity contribution < 1.29 is 5.11 Å². The molecular weight excluding hydrogens is 324 g/mol. The molecule has 23 heavy (non-hydrogen) atoms. The van der Waals surface area contributed by atoms with Crippen molar-refractivity contribution in [2.75, 3.05) is 11.5 Å². The second-order valence-electron chi connectivity index (χ2n) is 7.07. The largest absolute Gasteiger partial charge is 0.384 e. The molecule has 0 radical (unpaired) electrons. The molecule has 0 saturated heterocycles. The average molecular weight is 355 g/mol. The van der Waals surface area contributed by atoms with E-state index in [2.05, 4.69) is 31.2 Å². The zero-order chi connectivity index (χ0) is 16.9. The van der Waals surface area contributed by atoms with Gasteiger partial charge in [0, 0.05) is 25.2 Å². The van der Waals surface area contributed by atoms with Gasteiger partial charge in [-0.3, -0.25) is 0 Å². The number of aryl methyl sites for hydroxylation is 1. The standard InChI is InChI=1S/C18H30N2OS2/c1-5-6-12-22-13-15-8-7-9-17(2,3)18(15,21)14-23-16-19-10-11-20(16)4/h10-11,13,21H,5-9,12,14H2,1-4H3. The zero-order valence-corrected chi connectivity index (χ0v) is 16.5. The van der Waals surface area contributed by atoms with Gasteiger partial charge in [0.2, 0.25) is 0 Å². The van der Waals surface area contributed by atoms with Crippen molar-refractivity contribution in [1.29, 1.82) is 0 Å². The Morgan fingerprint density at radius 2 is 2.22 bits per heavy atom. The molecule has 130 valence electrons. The van der Waals surface area contributed by atoms with Crippen LogP contribution >= 0.6 is 23.5 Å². The summed E-state index contributed by atoms with van der Waals surface area (Å²) in [4.78, 5) is 4.38. The summed E-state index contributed by atoms with van der Waals surface area (Å²) in [5, 5.41) is 14.8. The highest BCUT2D eigenvalue weighted by Crippen LogP contribution is 2.49. The van der Waals surface area contributed by atoms with E-state index in [0.717, 1.165) is 23.8 Å². The molecule has 1 aromatic heterocycles. The Labute approximate surface area is 149 Å². The van der Waals surface area contributed by atoms with Crippen molar-refractivity contribution in [3.8, 4) is 0 Å². The van der Waals surface area contributed by atoms with Crippen LogP contribution in [0.2, 0.25) is 0 Å². The maximum atomic E-state index is 11.6. The first-order valence-electron chi connectivity index (χ1n) is 8.54. The minimum Gasteiger partial charge on any atom is -0.384 e. The Hall–Kier alpha value is -0.390.